The average Bonchev–Trinajstić information content (AvgIpc) is 2.78. The van der Waals surface area contributed by atoms with Crippen LogP contribution >= 0.6 is 35.7 Å². The number of hydrogen-bond acceptors (Lipinski definition) is 11. The van der Waals surface area contributed by atoms with E-state index in [1.165, 1.54) is 12.3 Å². The van der Waals surface area contributed by atoms with Crippen molar-refractivity contribution in [3.05, 3.63) is 17.0 Å². The van der Waals surface area contributed by atoms with Crippen LogP contribution in [-0.4, -0.2) is 59.2 Å². The molecule has 2 heterocycles. The maximum atomic E-state index is 14.3. The second-order valence-corrected chi connectivity index (χ2v) is 10.2. The van der Waals surface area contributed by atoms with Crippen LogP contribution < -0.4 is 5.73 Å². The fourth-order valence-electron chi connectivity index (χ4n) is 2.16. The summed E-state index contributed by atoms with van der Waals surface area (Å²) in [6, 6.07) is 1.29. The molecule has 0 spiro atoms. The predicted octanol–water partition coefficient (Wildman–Crippen LogP) is 0.134. The number of aliphatic hydroxyl groups excluding tert-OH is 1. The number of alkyl halides is 1. The first-order valence-corrected chi connectivity index (χ1v) is 12.1. The topological polar surface area (TPSA) is 233 Å². The van der Waals surface area contributed by atoms with Crippen molar-refractivity contribution in [1.82, 2.24) is 9.55 Å². The van der Waals surface area contributed by atoms with E-state index in [0.717, 1.165) is 4.57 Å². The molecular formula is C9H15FN3O12P3S. The SMILES string of the molecule is Nc1ccn([C@@H]2O[C@H](COP(=O)(O)OP(=O)(O)OP(=O)(O)O)[C@H](F)[C@@H]2O)c(=S)n1. The third-order valence-corrected chi connectivity index (χ3v) is 7.34. The number of ether oxygens (including phenoxy) is 1. The van der Waals surface area contributed by atoms with Crippen LogP contribution in [-0.2, 0) is 31.6 Å². The Bertz CT molecular complexity index is 956. The van der Waals surface area contributed by atoms with E-state index in [1.54, 1.807) is 0 Å². The van der Waals surface area contributed by atoms with Gasteiger partial charge in [-0.3, -0.25) is 9.09 Å². The third kappa shape index (κ3) is 6.94. The van der Waals surface area contributed by atoms with Gasteiger partial charge in [0.05, 0.1) is 6.61 Å². The monoisotopic (exact) mass is 501 g/mol. The molecule has 1 fully saturated rings. The highest BCUT2D eigenvalue weighted by atomic mass is 32.1. The number of phosphoric ester groups is 1. The number of nitrogens with two attached hydrogens (primary N) is 1. The molecule has 1 aliphatic rings. The van der Waals surface area contributed by atoms with Crippen LogP contribution in [0.25, 0.3) is 0 Å². The summed E-state index contributed by atoms with van der Waals surface area (Å²) in [5.74, 6) is 0.0553. The summed E-state index contributed by atoms with van der Waals surface area (Å²) in [4.78, 5) is 39.0. The van der Waals surface area contributed by atoms with E-state index in [-0.39, 0.29) is 10.6 Å². The van der Waals surface area contributed by atoms with Crippen molar-refractivity contribution >= 4 is 41.5 Å². The molecule has 0 bridgehead atoms. The molecule has 0 aliphatic carbocycles. The number of rotatable bonds is 8. The normalized spacial score (nSPS) is 29.3. The maximum Gasteiger partial charge on any atom is 0.490 e. The van der Waals surface area contributed by atoms with Crippen molar-refractivity contribution in [1.29, 1.82) is 0 Å². The Morgan fingerprint density at radius 2 is 1.86 bits per heavy atom. The molecule has 0 aromatic carbocycles. The number of aromatic nitrogens is 2. The molecular weight excluding hydrogens is 486 g/mol. The molecule has 29 heavy (non-hydrogen) atoms. The van der Waals surface area contributed by atoms with Crippen molar-refractivity contribution in [2.45, 2.75) is 24.6 Å². The van der Waals surface area contributed by atoms with E-state index < -0.39 is 54.7 Å². The van der Waals surface area contributed by atoms with E-state index in [2.05, 4.69) is 18.1 Å². The van der Waals surface area contributed by atoms with E-state index in [1.807, 2.05) is 0 Å². The van der Waals surface area contributed by atoms with Crippen molar-refractivity contribution in [3.63, 3.8) is 0 Å². The number of halogens is 1. The highest BCUT2D eigenvalue weighted by Crippen LogP contribution is 2.66. The Kier molecular flexibility index (Phi) is 7.51. The van der Waals surface area contributed by atoms with Gasteiger partial charge in [-0.15, -0.1) is 0 Å². The number of nitrogens with zero attached hydrogens (tertiary/aromatic N) is 2. The first-order valence-electron chi connectivity index (χ1n) is 7.21. The lowest BCUT2D eigenvalue weighted by molar-refractivity contribution is -0.0520. The van der Waals surface area contributed by atoms with Gasteiger partial charge < -0.3 is 35.2 Å². The first kappa shape index (κ1) is 24.6. The standard InChI is InChI=1S/C9H15FN3O12P3S/c10-6-4(3-22-27(18,19)25-28(20,21)24-26(15,16)17)23-8(7(6)14)13-2-1-5(11)12-9(13)29/h1-2,4,6-8,14H,3H2,(H,18,19)(H,20,21)(H2,11,12,29)(H2,15,16,17)/t4-,6+,7+,8-/m1/s1. The lowest BCUT2D eigenvalue weighted by Crippen LogP contribution is -2.30. The van der Waals surface area contributed by atoms with Crippen LogP contribution in [0.3, 0.4) is 0 Å². The summed E-state index contributed by atoms with van der Waals surface area (Å²) >= 11 is 4.92. The zero-order chi connectivity index (χ0) is 22.2. The van der Waals surface area contributed by atoms with Gasteiger partial charge in [-0.2, -0.15) is 8.62 Å². The molecule has 2 unspecified atom stereocenters. The maximum absolute atomic E-state index is 14.3. The van der Waals surface area contributed by atoms with Crippen molar-refractivity contribution < 1.29 is 60.6 Å². The summed E-state index contributed by atoms with van der Waals surface area (Å²) in [5.41, 5.74) is 5.44. The summed E-state index contributed by atoms with van der Waals surface area (Å²) in [7, 11) is -16.7. The zero-order valence-electron chi connectivity index (χ0n) is 13.9. The molecule has 1 aromatic rings. The Morgan fingerprint density at radius 1 is 1.24 bits per heavy atom. The van der Waals surface area contributed by atoms with Gasteiger partial charge in [0.1, 0.15) is 18.0 Å². The fourth-order valence-corrected chi connectivity index (χ4v) is 5.46. The highest BCUT2D eigenvalue weighted by Gasteiger charge is 2.47. The molecule has 1 aromatic heterocycles. The summed E-state index contributed by atoms with van der Waals surface area (Å²) in [6.45, 7) is -1.08. The Morgan fingerprint density at radius 3 is 2.41 bits per heavy atom. The quantitative estimate of drug-likeness (QED) is 0.205. The zero-order valence-corrected chi connectivity index (χ0v) is 17.4. The second kappa shape index (κ2) is 8.85. The molecule has 1 aliphatic heterocycles. The largest absolute Gasteiger partial charge is 0.490 e. The van der Waals surface area contributed by atoms with Crippen molar-refractivity contribution in [2.24, 2.45) is 0 Å². The smallest absolute Gasteiger partial charge is 0.385 e. The van der Waals surface area contributed by atoms with Crippen LogP contribution in [0, 0.1) is 4.77 Å². The molecule has 0 radical (unpaired) electrons. The lowest BCUT2D eigenvalue weighted by atomic mass is 10.1. The fraction of sp³-hybridized carbons (Fsp3) is 0.556. The molecule has 0 saturated carbocycles. The number of phosphoric acid groups is 3. The van der Waals surface area contributed by atoms with E-state index in [0.29, 0.717) is 0 Å². The van der Waals surface area contributed by atoms with Crippen LogP contribution in [0.2, 0.25) is 0 Å². The minimum atomic E-state index is -5.72. The van der Waals surface area contributed by atoms with Gasteiger partial charge in [-0.1, -0.05) is 0 Å². The van der Waals surface area contributed by atoms with Crippen molar-refractivity contribution in [2.75, 3.05) is 12.3 Å². The lowest BCUT2D eigenvalue weighted by Gasteiger charge is -2.19. The minimum Gasteiger partial charge on any atom is -0.385 e. The number of aliphatic hydroxyl groups is 1. The molecule has 1 saturated heterocycles. The predicted molar refractivity (Wildman–Crippen MR) is 92.1 cm³/mol. The van der Waals surface area contributed by atoms with Crippen LogP contribution in [0.15, 0.2) is 12.3 Å². The van der Waals surface area contributed by atoms with Gasteiger partial charge in [0, 0.05) is 6.20 Å². The van der Waals surface area contributed by atoms with Crippen LogP contribution in [0.1, 0.15) is 6.23 Å². The number of anilines is 1. The molecule has 2 rings (SSSR count). The van der Waals surface area contributed by atoms with E-state index in [4.69, 9.17) is 37.4 Å². The molecule has 7 N–H and O–H groups in total. The molecule has 20 heteroatoms. The second-order valence-electron chi connectivity index (χ2n) is 5.43. The van der Waals surface area contributed by atoms with Crippen molar-refractivity contribution in [3.8, 4) is 0 Å². The van der Waals surface area contributed by atoms with Gasteiger partial charge in [0.2, 0.25) is 4.77 Å². The molecule has 6 atom stereocenters. The third-order valence-electron chi connectivity index (χ3n) is 3.23. The average molecular weight is 501 g/mol. The summed E-state index contributed by atoms with van der Waals surface area (Å²) in [6.07, 6.45) is -5.77. The summed E-state index contributed by atoms with van der Waals surface area (Å²) < 4.78 is 65.1. The first-order chi connectivity index (χ1) is 13.1. The minimum absolute atomic E-state index is 0.0553. The molecule has 166 valence electrons. The van der Waals surface area contributed by atoms with Gasteiger partial charge in [-0.25, -0.2) is 23.1 Å². The Hall–Kier alpha value is -0.640. The molecule has 0 amide bonds. The summed E-state index contributed by atoms with van der Waals surface area (Å²) in [5, 5.41) is 9.98. The van der Waals surface area contributed by atoms with Gasteiger partial charge >= 0.3 is 23.5 Å². The number of nitrogen functional groups attached to an aromatic ring is 1. The highest BCUT2D eigenvalue weighted by molar-refractivity contribution is 7.71. The molecule has 15 nitrogen and oxygen atoms in total. The number of hydrogen-bond donors (Lipinski definition) is 6. The van der Waals surface area contributed by atoms with Gasteiger partial charge in [0.25, 0.3) is 0 Å². The van der Waals surface area contributed by atoms with Crippen LogP contribution in [0.4, 0.5) is 10.2 Å². The van der Waals surface area contributed by atoms with E-state index >= 15 is 0 Å². The Labute approximate surface area is 166 Å². The van der Waals surface area contributed by atoms with E-state index in [9.17, 15) is 28.1 Å². The Balaban J connectivity index is 2.05. The van der Waals surface area contributed by atoms with Gasteiger partial charge in [-0.05, 0) is 18.3 Å². The van der Waals surface area contributed by atoms with Crippen LogP contribution in [0.5, 0.6) is 0 Å². The van der Waals surface area contributed by atoms with Gasteiger partial charge in [0.15, 0.2) is 12.4 Å².